The summed E-state index contributed by atoms with van der Waals surface area (Å²) in [6.45, 7) is 0. The van der Waals surface area contributed by atoms with Crippen LogP contribution in [0.25, 0.3) is 0 Å². The second-order valence-electron chi connectivity index (χ2n) is 3.29. The number of aromatic nitrogens is 3. The lowest BCUT2D eigenvalue weighted by Gasteiger charge is -2.00. The fourth-order valence-corrected chi connectivity index (χ4v) is 1.23. The van der Waals surface area contributed by atoms with Crippen molar-refractivity contribution in [3.63, 3.8) is 0 Å². The molecular formula is C10H7FN4O3. The third-order valence-electron chi connectivity index (χ3n) is 2.04. The van der Waals surface area contributed by atoms with E-state index in [1.807, 2.05) is 0 Å². The van der Waals surface area contributed by atoms with E-state index in [0.29, 0.717) is 0 Å². The first-order valence-electron chi connectivity index (χ1n) is 4.78. The minimum Gasteiger partial charge on any atom is -0.477 e. The Kier molecular flexibility index (Phi) is 3.00. The Morgan fingerprint density at radius 2 is 2.17 bits per heavy atom. The van der Waals surface area contributed by atoms with Gasteiger partial charge in [-0.25, -0.2) is 9.78 Å². The molecular weight excluding hydrogens is 243 g/mol. The summed E-state index contributed by atoms with van der Waals surface area (Å²) >= 11 is 0. The molecule has 0 saturated heterocycles. The maximum Gasteiger partial charge on any atom is 0.353 e. The summed E-state index contributed by atoms with van der Waals surface area (Å²) in [6.07, 6.45) is 1.15. The van der Waals surface area contributed by atoms with Crippen LogP contribution in [0.1, 0.15) is 20.8 Å². The van der Waals surface area contributed by atoms with Crippen molar-refractivity contribution >= 4 is 17.7 Å². The molecule has 7 nitrogen and oxygen atoms in total. The number of hydrogen-bond acceptors (Lipinski definition) is 4. The van der Waals surface area contributed by atoms with Crippen LogP contribution in [0.15, 0.2) is 24.4 Å². The summed E-state index contributed by atoms with van der Waals surface area (Å²) in [6, 6.07) is 3.43. The van der Waals surface area contributed by atoms with Crippen LogP contribution in [-0.2, 0) is 0 Å². The van der Waals surface area contributed by atoms with Crippen molar-refractivity contribution < 1.29 is 19.1 Å². The lowest BCUT2D eigenvalue weighted by molar-refractivity contribution is 0.0690. The Balaban J connectivity index is 2.13. The van der Waals surface area contributed by atoms with E-state index in [1.54, 1.807) is 0 Å². The number of nitrogens with one attached hydrogen (secondary N) is 2. The lowest BCUT2D eigenvalue weighted by Crippen LogP contribution is -2.12. The third kappa shape index (κ3) is 2.48. The zero-order valence-electron chi connectivity index (χ0n) is 8.85. The van der Waals surface area contributed by atoms with Gasteiger partial charge in [-0.3, -0.25) is 9.89 Å². The number of carbonyl (C=O) groups is 2. The summed E-state index contributed by atoms with van der Waals surface area (Å²) in [7, 11) is 0. The molecule has 2 rings (SSSR count). The van der Waals surface area contributed by atoms with E-state index < -0.39 is 17.8 Å². The Hall–Kier alpha value is -2.77. The van der Waals surface area contributed by atoms with Crippen LogP contribution in [0.5, 0.6) is 0 Å². The molecule has 0 spiro atoms. The SMILES string of the molecule is O=C(Nc1cc(C(=O)O)[nH]n1)c1ccnc(F)c1. The molecule has 0 fully saturated rings. The van der Waals surface area contributed by atoms with Crippen molar-refractivity contribution in [2.45, 2.75) is 0 Å². The molecule has 0 atom stereocenters. The van der Waals surface area contributed by atoms with E-state index in [1.165, 1.54) is 6.07 Å². The van der Waals surface area contributed by atoms with Gasteiger partial charge in [0.25, 0.3) is 5.91 Å². The number of anilines is 1. The molecule has 2 aromatic heterocycles. The minimum absolute atomic E-state index is 0.0367. The van der Waals surface area contributed by atoms with E-state index in [0.717, 1.165) is 18.3 Å². The number of carbonyl (C=O) groups excluding carboxylic acids is 1. The van der Waals surface area contributed by atoms with Gasteiger partial charge in [0.2, 0.25) is 5.95 Å². The van der Waals surface area contributed by atoms with Crippen molar-refractivity contribution in [2.24, 2.45) is 0 Å². The molecule has 0 unspecified atom stereocenters. The Labute approximate surface area is 99.7 Å². The lowest BCUT2D eigenvalue weighted by atomic mass is 10.2. The van der Waals surface area contributed by atoms with Crippen LogP contribution in [0, 0.1) is 5.95 Å². The molecule has 0 aliphatic heterocycles. The maximum absolute atomic E-state index is 12.8. The van der Waals surface area contributed by atoms with Gasteiger partial charge in [-0.1, -0.05) is 0 Å². The van der Waals surface area contributed by atoms with Gasteiger partial charge < -0.3 is 10.4 Å². The van der Waals surface area contributed by atoms with E-state index >= 15 is 0 Å². The number of aromatic carboxylic acids is 1. The highest BCUT2D eigenvalue weighted by atomic mass is 19.1. The van der Waals surface area contributed by atoms with Gasteiger partial charge in [0.05, 0.1) is 0 Å². The molecule has 18 heavy (non-hydrogen) atoms. The number of pyridine rings is 1. The van der Waals surface area contributed by atoms with Gasteiger partial charge in [-0.05, 0) is 6.07 Å². The summed E-state index contributed by atoms with van der Waals surface area (Å²) in [5, 5.41) is 16.8. The fraction of sp³-hybridized carbons (Fsp3) is 0. The fourth-order valence-electron chi connectivity index (χ4n) is 1.23. The molecule has 8 heteroatoms. The van der Waals surface area contributed by atoms with Crippen LogP contribution in [0.4, 0.5) is 10.2 Å². The van der Waals surface area contributed by atoms with Crippen molar-refractivity contribution in [2.75, 3.05) is 5.32 Å². The molecule has 2 heterocycles. The zero-order valence-corrected chi connectivity index (χ0v) is 8.85. The second-order valence-corrected chi connectivity index (χ2v) is 3.29. The average Bonchev–Trinajstić information content (AvgIpc) is 2.77. The molecule has 1 amide bonds. The van der Waals surface area contributed by atoms with Gasteiger partial charge >= 0.3 is 5.97 Å². The van der Waals surface area contributed by atoms with E-state index in [4.69, 9.17) is 5.11 Å². The molecule has 0 aliphatic rings. The number of carboxylic acid groups (broad SMARTS) is 1. The van der Waals surface area contributed by atoms with E-state index in [2.05, 4.69) is 20.5 Å². The number of carboxylic acids is 1. The Morgan fingerprint density at radius 3 is 2.78 bits per heavy atom. The Morgan fingerprint density at radius 1 is 1.39 bits per heavy atom. The van der Waals surface area contributed by atoms with Crippen molar-refractivity contribution in [3.8, 4) is 0 Å². The predicted octanol–water partition coefficient (Wildman–Crippen LogP) is 0.894. The first-order chi connectivity index (χ1) is 8.56. The summed E-state index contributed by atoms with van der Waals surface area (Å²) < 4.78 is 12.8. The van der Waals surface area contributed by atoms with Crippen molar-refractivity contribution in [1.29, 1.82) is 0 Å². The summed E-state index contributed by atoms with van der Waals surface area (Å²) in [4.78, 5) is 25.5. The number of rotatable bonds is 3. The van der Waals surface area contributed by atoms with Gasteiger partial charge in [-0.2, -0.15) is 9.49 Å². The van der Waals surface area contributed by atoms with E-state index in [-0.39, 0.29) is 17.1 Å². The number of nitrogens with zero attached hydrogens (tertiary/aromatic N) is 2. The Bertz CT molecular complexity index is 611. The van der Waals surface area contributed by atoms with E-state index in [9.17, 15) is 14.0 Å². The monoisotopic (exact) mass is 250 g/mol. The number of H-pyrrole nitrogens is 1. The topological polar surface area (TPSA) is 108 Å². The quantitative estimate of drug-likeness (QED) is 0.701. The number of amides is 1. The minimum atomic E-state index is -1.20. The molecule has 0 aromatic carbocycles. The number of aromatic amines is 1. The highest BCUT2D eigenvalue weighted by molar-refractivity contribution is 6.04. The summed E-state index contributed by atoms with van der Waals surface area (Å²) in [5.74, 6) is -2.55. The number of halogens is 1. The van der Waals surface area contributed by atoms with Crippen LogP contribution >= 0.6 is 0 Å². The molecule has 0 aliphatic carbocycles. The van der Waals surface area contributed by atoms with Crippen LogP contribution in [0.3, 0.4) is 0 Å². The second kappa shape index (κ2) is 4.62. The predicted molar refractivity (Wildman–Crippen MR) is 57.7 cm³/mol. The molecule has 3 N–H and O–H groups in total. The third-order valence-corrected chi connectivity index (χ3v) is 2.04. The number of hydrogen-bond donors (Lipinski definition) is 3. The standard InChI is InChI=1S/C10H7FN4O3/c11-7-3-5(1-2-12-7)9(16)13-8-4-6(10(17)18)14-15-8/h1-4H,(H,17,18)(H2,13,14,15,16). The normalized spacial score (nSPS) is 10.1. The van der Waals surface area contributed by atoms with Crippen LogP contribution in [-0.4, -0.2) is 32.2 Å². The average molecular weight is 250 g/mol. The smallest absolute Gasteiger partial charge is 0.353 e. The van der Waals surface area contributed by atoms with Crippen LogP contribution in [0.2, 0.25) is 0 Å². The molecule has 92 valence electrons. The maximum atomic E-state index is 12.8. The van der Waals surface area contributed by atoms with Gasteiger partial charge in [0.15, 0.2) is 5.82 Å². The molecule has 2 aromatic rings. The summed E-state index contributed by atoms with van der Waals surface area (Å²) in [5.41, 5.74) is -0.103. The zero-order chi connectivity index (χ0) is 13.1. The van der Waals surface area contributed by atoms with Gasteiger partial charge in [0, 0.05) is 23.9 Å². The van der Waals surface area contributed by atoms with Crippen molar-refractivity contribution in [3.05, 3.63) is 41.6 Å². The van der Waals surface area contributed by atoms with Gasteiger partial charge in [-0.15, -0.1) is 0 Å². The molecule has 0 bridgehead atoms. The largest absolute Gasteiger partial charge is 0.477 e. The molecule has 0 radical (unpaired) electrons. The van der Waals surface area contributed by atoms with Gasteiger partial charge in [0.1, 0.15) is 5.69 Å². The first-order valence-corrected chi connectivity index (χ1v) is 4.78. The highest BCUT2D eigenvalue weighted by Gasteiger charge is 2.12. The highest BCUT2D eigenvalue weighted by Crippen LogP contribution is 2.08. The van der Waals surface area contributed by atoms with Crippen molar-refractivity contribution in [1.82, 2.24) is 15.2 Å². The van der Waals surface area contributed by atoms with Crippen LogP contribution < -0.4 is 5.32 Å². The first kappa shape index (κ1) is 11.7. The molecule has 0 saturated carbocycles.